The Hall–Kier alpha value is -1.87. The first kappa shape index (κ1) is 15.2. The Morgan fingerprint density at radius 2 is 1.74 bits per heavy atom. The Balaban J connectivity index is 3.03. The molecular formula is C14H17NO4. The molecule has 0 aliphatic carbocycles. The topological polar surface area (TPSA) is 81.0 Å². The van der Waals surface area contributed by atoms with Gasteiger partial charge < -0.3 is 20.2 Å². The molecule has 1 aromatic carbocycles. The number of aliphatic hydroxyl groups is 3. The van der Waals surface area contributed by atoms with Crippen LogP contribution < -0.4 is 0 Å². The van der Waals surface area contributed by atoms with E-state index in [2.05, 4.69) is 11.8 Å². The summed E-state index contributed by atoms with van der Waals surface area (Å²) in [5, 5.41) is 26.6. The third-order valence-corrected chi connectivity index (χ3v) is 2.49. The molecule has 0 heterocycles. The van der Waals surface area contributed by atoms with Gasteiger partial charge in [-0.2, -0.15) is 0 Å². The number of hydrogen-bond acceptors (Lipinski definition) is 4. The fourth-order valence-electron chi connectivity index (χ4n) is 1.64. The second-order valence-corrected chi connectivity index (χ2v) is 3.74. The van der Waals surface area contributed by atoms with E-state index in [-0.39, 0.29) is 38.8 Å². The molecule has 0 fully saturated rings. The molecule has 0 aliphatic heterocycles. The number of aliphatic hydroxyl groups excluding tert-OH is 3. The highest BCUT2D eigenvalue weighted by Gasteiger charge is 2.17. The third kappa shape index (κ3) is 4.38. The zero-order valence-corrected chi connectivity index (χ0v) is 10.5. The molecule has 1 aromatic rings. The maximum Gasteiger partial charge on any atom is 0.255 e. The van der Waals surface area contributed by atoms with Crippen LogP contribution >= 0.6 is 0 Å². The molecule has 0 radical (unpaired) electrons. The van der Waals surface area contributed by atoms with E-state index in [9.17, 15) is 4.79 Å². The van der Waals surface area contributed by atoms with E-state index in [1.165, 1.54) is 4.90 Å². The summed E-state index contributed by atoms with van der Waals surface area (Å²) in [7, 11) is 0. The monoisotopic (exact) mass is 263 g/mol. The van der Waals surface area contributed by atoms with Gasteiger partial charge in [-0.25, -0.2) is 0 Å². The highest BCUT2D eigenvalue weighted by Crippen LogP contribution is 2.10. The summed E-state index contributed by atoms with van der Waals surface area (Å²) in [6.45, 7) is -0.311. The average molecular weight is 263 g/mol. The van der Waals surface area contributed by atoms with Gasteiger partial charge in [0.15, 0.2) is 0 Å². The summed E-state index contributed by atoms with van der Waals surface area (Å²) < 4.78 is 0. The molecule has 102 valence electrons. The van der Waals surface area contributed by atoms with Crippen LogP contribution in [0.25, 0.3) is 0 Å². The minimum atomic E-state index is -0.300. The molecule has 0 atom stereocenters. The van der Waals surface area contributed by atoms with Crippen molar-refractivity contribution in [3.8, 4) is 11.8 Å². The van der Waals surface area contributed by atoms with Gasteiger partial charge >= 0.3 is 0 Å². The van der Waals surface area contributed by atoms with Crippen molar-refractivity contribution < 1.29 is 20.1 Å². The van der Waals surface area contributed by atoms with Crippen molar-refractivity contribution >= 4 is 5.91 Å². The van der Waals surface area contributed by atoms with Gasteiger partial charge in [0.2, 0.25) is 0 Å². The second kappa shape index (κ2) is 8.27. The molecule has 0 bridgehead atoms. The quantitative estimate of drug-likeness (QED) is 0.623. The lowest BCUT2D eigenvalue weighted by Crippen LogP contribution is -2.36. The Labute approximate surface area is 112 Å². The first-order valence-electron chi connectivity index (χ1n) is 5.94. The highest BCUT2D eigenvalue weighted by atomic mass is 16.3. The summed E-state index contributed by atoms with van der Waals surface area (Å²) in [6, 6.07) is 6.78. The van der Waals surface area contributed by atoms with Crippen LogP contribution in [0.2, 0.25) is 0 Å². The Morgan fingerprint density at radius 3 is 2.32 bits per heavy atom. The fourth-order valence-corrected chi connectivity index (χ4v) is 1.64. The minimum absolute atomic E-state index is 0.154. The maximum absolute atomic E-state index is 12.3. The molecule has 0 aliphatic rings. The first-order chi connectivity index (χ1) is 9.24. The molecule has 19 heavy (non-hydrogen) atoms. The molecule has 0 spiro atoms. The zero-order chi connectivity index (χ0) is 14.1. The Morgan fingerprint density at radius 1 is 1.11 bits per heavy atom. The van der Waals surface area contributed by atoms with Crippen molar-refractivity contribution in [2.24, 2.45) is 0 Å². The van der Waals surface area contributed by atoms with Gasteiger partial charge in [0.1, 0.15) is 6.61 Å². The summed E-state index contributed by atoms with van der Waals surface area (Å²) in [6.07, 6.45) is 0. The van der Waals surface area contributed by atoms with Crippen LogP contribution in [0.4, 0.5) is 0 Å². The molecule has 1 rings (SSSR count). The number of amides is 1. The summed E-state index contributed by atoms with van der Waals surface area (Å²) in [5.41, 5.74) is 0.910. The van der Waals surface area contributed by atoms with Crippen molar-refractivity contribution in [1.82, 2.24) is 4.90 Å². The van der Waals surface area contributed by atoms with E-state index in [1.807, 2.05) is 0 Å². The van der Waals surface area contributed by atoms with E-state index < -0.39 is 0 Å². The standard InChI is InChI=1S/C14H17NO4/c16-9-3-5-12-4-1-2-6-13(12)14(19)15(7-10-17)8-11-18/h1-2,4,6,16-18H,7-11H2. The van der Waals surface area contributed by atoms with Gasteiger partial charge in [0.25, 0.3) is 5.91 Å². The van der Waals surface area contributed by atoms with E-state index >= 15 is 0 Å². The van der Waals surface area contributed by atoms with Gasteiger partial charge in [0.05, 0.1) is 18.8 Å². The van der Waals surface area contributed by atoms with Crippen molar-refractivity contribution in [2.75, 3.05) is 32.9 Å². The van der Waals surface area contributed by atoms with Crippen LogP contribution in [0.3, 0.4) is 0 Å². The van der Waals surface area contributed by atoms with E-state index in [1.54, 1.807) is 24.3 Å². The summed E-state index contributed by atoms with van der Waals surface area (Å²) in [5.74, 6) is 4.91. The van der Waals surface area contributed by atoms with Crippen LogP contribution in [-0.2, 0) is 0 Å². The van der Waals surface area contributed by atoms with E-state index in [4.69, 9.17) is 15.3 Å². The molecular weight excluding hydrogens is 246 g/mol. The van der Waals surface area contributed by atoms with Gasteiger partial charge in [0, 0.05) is 18.7 Å². The van der Waals surface area contributed by atoms with Crippen molar-refractivity contribution in [3.63, 3.8) is 0 Å². The SMILES string of the molecule is O=C(c1ccccc1C#CCO)N(CCO)CCO. The van der Waals surface area contributed by atoms with E-state index in [0.29, 0.717) is 11.1 Å². The lowest BCUT2D eigenvalue weighted by Gasteiger charge is -2.21. The molecule has 0 unspecified atom stereocenters. The lowest BCUT2D eigenvalue weighted by molar-refractivity contribution is 0.0684. The Kier molecular flexibility index (Phi) is 6.61. The smallest absolute Gasteiger partial charge is 0.255 e. The molecule has 0 saturated heterocycles. The number of nitrogens with zero attached hydrogens (tertiary/aromatic N) is 1. The van der Waals surface area contributed by atoms with Crippen molar-refractivity contribution in [3.05, 3.63) is 35.4 Å². The van der Waals surface area contributed by atoms with Crippen LogP contribution in [0.5, 0.6) is 0 Å². The maximum atomic E-state index is 12.3. The minimum Gasteiger partial charge on any atom is -0.395 e. The largest absolute Gasteiger partial charge is 0.395 e. The third-order valence-electron chi connectivity index (χ3n) is 2.49. The van der Waals surface area contributed by atoms with E-state index in [0.717, 1.165) is 0 Å². The number of rotatable bonds is 5. The van der Waals surface area contributed by atoms with Gasteiger partial charge in [-0.05, 0) is 12.1 Å². The number of hydrogen-bond donors (Lipinski definition) is 3. The van der Waals surface area contributed by atoms with Gasteiger partial charge in [-0.15, -0.1) is 0 Å². The second-order valence-electron chi connectivity index (χ2n) is 3.74. The van der Waals surface area contributed by atoms with Gasteiger partial charge in [-0.1, -0.05) is 24.0 Å². The van der Waals surface area contributed by atoms with Crippen molar-refractivity contribution in [1.29, 1.82) is 0 Å². The zero-order valence-electron chi connectivity index (χ0n) is 10.5. The highest BCUT2D eigenvalue weighted by molar-refractivity contribution is 5.96. The molecule has 5 nitrogen and oxygen atoms in total. The molecule has 1 amide bonds. The normalized spacial score (nSPS) is 9.63. The van der Waals surface area contributed by atoms with Gasteiger partial charge in [-0.3, -0.25) is 4.79 Å². The van der Waals surface area contributed by atoms with Crippen molar-refractivity contribution in [2.45, 2.75) is 0 Å². The van der Waals surface area contributed by atoms with Crippen LogP contribution in [0, 0.1) is 11.8 Å². The van der Waals surface area contributed by atoms with Crippen LogP contribution in [-0.4, -0.2) is 59.0 Å². The molecule has 0 aromatic heterocycles. The average Bonchev–Trinajstić information content (AvgIpc) is 2.44. The molecule has 0 saturated carbocycles. The predicted octanol–water partition coefficient (Wildman–Crippen LogP) is -0.543. The number of carbonyl (C=O) groups is 1. The molecule has 5 heteroatoms. The molecule has 3 N–H and O–H groups in total. The number of carbonyl (C=O) groups excluding carboxylic acids is 1. The number of benzene rings is 1. The summed E-state index contributed by atoms with van der Waals surface area (Å²) in [4.78, 5) is 13.6. The van der Waals surface area contributed by atoms with Crippen LogP contribution in [0.1, 0.15) is 15.9 Å². The Bertz CT molecular complexity index is 470. The fraction of sp³-hybridized carbons (Fsp3) is 0.357. The predicted molar refractivity (Wildman–Crippen MR) is 70.5 cm³/mol. The first-order valence-corrected chi connectivity index (χ1v) is 5.94. The lowest BCUT2D eigenvalue weighted by atomic mass is 10.1. The summed E-state index contributed by atoms with van der Waals surface area (Å²) >= 11 is 0. The van der Waals surface area contributed by atoms with Crippen LogP contribution in [0.15, 0.2) is 24.3 Å².